The average molecular weight is 819 g/mol. The Hall–Kier alpha value is -6.18. The van der Waals surface area contributed by atoms with Crippen molar-refractivity contribution in [2.75, 3.05) is 41.7 Å². The SMILES string of the molecule is CCOc1cc2c(cc1OC)C(c1ccc(OC)nc1)=N[C@@H]1CC[C@@H](OC(=O)C(=O)O[C@@H]3CC[C@H]4N=C(c5ccc(OC)nc5)c5cc(OC)c(OCC)cc5[C@H]4C3)C[C@H]21. The molecule has 0 amide bonds. The highest BCUT2D eigenvalue weighted by Gasteiger charge is 2.42. The van der Waals surface area contributed by atoms with E-state index in [1.165, 1.54) is 0 Å². The van der Waals surface area contributed by atoms with Crippen molar-refractivity contribution in [2.45, 2.75) is 88.5 Å². The molecule has 0 saturated heterocycles. The lowest BCUT2D eigenvalue weighted by molar-refractivity contribution is -0.176. The Morgan fingerprint density at radius 3 is 1.35 bits per heavy atom. The Balaban J connectivity index is 0.982. The first-order chi connectivity index (χ1) is 29.2. The minimum Gasteiger partial charge on any atom is -0.493 e. The molecular weight excluding hydrogens is 769 g/mol. The van der Waals surface area contributed by atoms with Gasteiger partial charge in [0.05, 0.1) is 65.2 Å². The van der Waals surface area contributed by atoms with Gasteiger partial charge in [-0.05, 0) is 99.9 Å². The Bertz CT molecular complexity index is 2130. The van der Waals surface area contributed by atoms with Crippen LogP contribution in [0.1, 0.15) is 97.6 Å². The van der Waals surface area contributed by atoms with Gasteiger partial charge in [0.15, 0.2) is 23.0 Å². The molecule has 2 aromatic heterocycles. The Labute approximate surface area is 349 Å². The molecule has 0 unspecified atom stereocenters. The van der Waals surface area contributed by atoms with Crippen LogP contribution in [0.3, 0.4) is 0 Å². The zero-order valence-electron chi connectivity index (χ0n) is 34.8. The van der Waals surface area contributed by atoms with E-state index in [2.05, 4.69) is 9.97 Å². The lowest BCUT2D eigenvalue weighted by atomic mass is 9.74. The van der Waals surface area contributed by atoms with Gasteiger partial charge in [-0.2, -0.15) is 0 Å². The summed E-state index contributed by atoms with van der Waals surface area (Å²) < 4.78 is 45.8. The summed E-state index contributed by atoms with van der Waals surface area (Å²) in [6.45, 7) is 4.77. The van der Waals surface area contributed by atoms with E-state index in [1.807, 2.05) is 62.4 Å². The van der Waals surface area contributed by atoms with Gasteiger partial charge in [-0.1, -0.05) is 0 Å². The van der Waals surface area contributed by atoms with Crippen molar-refractivity contribution in [1.82, 2.24) is 9.97 Å². The molecule has 6 atom stereocenters. The summed E-state index contributed by atoms with van der Waals surface area (Å²) in [5.41, 5.74) is 7.08. The minimum absolute atomic E-state index is 0.0831. The maximum atomic E-state index is 13.5. The third-order valence-corrected chi connectivity index (χ3v) is 11.9. The quantitative estimate of drug-likeness (QED) is 0.109. The summed E-state index contributed by atoms with van der Waals surface area (Å²) in [6.07, 6.45) is 5.82. The fraction of sp³-hybridized carbons (Fsp3) is 0.435. The lowest BCUT2D eigenvalue weighted by Gasteiger charge is -2.39. The highest BCUT2D eigenvalue weighted by Crippen LogP contribution is 2.47. The van der Waals surface area contributed by atoms with Crippen LogP contribution in [-0.4, -0.2) is 99.3 Å². The number of aliphatic imine (C=N–C) groups is 2. The Morgan fingerprint density at radius 1 is 0.567 bits per heavy atom. The molecule has 14 nitrogen and oxygen atoms in total. The standard InChI is InChI=1S/C46H50N4O10/c1-7-57-39-19-29-31-17-27(11-13-35(31)49-43(33(29)21-37(39)53-3)25-9-15-41(55-5)47-23-25)59-45(51)46(52)60-28-12-14-36-32(18-28)30-20-40(58-8-2)38(54-4)22-34(30)44(50-36)26-10-16-42(56-6)48-24-26/h9-10,15-16,19-24,27-28,31-32,35-36H,7-8,11-14,17-18H2,1-6H3/t27-,28-,31-,32-,35-,36-/m1/s1. The number of esters is 2. The van der Waals surface area contributed by atoms with E-state index < -0.39 is 24.1 Å². The van der Waals surface area contributed by atoms with E-state index in [4.69, 9.17) is 47.9 Å². The number of rotatable bonds is 12. The van der Waals surface area contributed by atoms with Crippen molar-refractivity contribution in [3.8, 4) is 34.8 Å². The Kier molecular flexibility index (Phi) is 11.9. The normalized spacial score (nSPS) is 22.6. The van der Waals surface area contributed by atoms with Gasteiger partial charge in [-0.3, -0.25) is 9.98 Å². The highest BCUT2D eigenvalue weighted by molar-refractivity contribution is 6.29. The summed E-state index contributed by atoms with van der Waals surface area (Å²) in [5.74, 6) is 1.27. The molecule has 0 spiro atoms. The summed E-state index contributed by atoms with van der Waals surface area (Å²) in [6, 6.07) is 15.2. The first-order valence-corrected chi connectivity index (χ1v) is 20.5. The maximum absolute atomic E-state index is 13.5. The number of nitrogens with zero attached hydrogens (tertiary/aromatic N) is 4. The number of hydrogen-bond donors (Lipinski definition) is 0. The molecule has 314 valence electrons. The van der Waals surface area contributed by atoms with E-state index in [0.717, 1.165) is 44.8 Å². The van der Waals surface area contributed by atoms with Gasteiger partial charge in [0.1, 0.15) is 12.2 Å². The van der Waals surface area contributed by atoms with Gasteiger partial charge in [0, 0.05) is 58.6 Å². The van der Waals surface area contributed by atoms with Crippen molar-refractivity contribution in [3.63, 3.8) is 0 Å². The summed E-state index contributed by atoms with van der Waals surface area (Å²) >= 11 is 0. The number of carbonyl (C=O) groups excluding carboxylic acids is 2. The van der Waals surface area contributed by atoms with Crippen LogP contribution in [0.4, 0.5) is 0 Å². The smallest absolute Gasteiger partial charge is 0.417 e. The second-order valence-electron chi connectivity index (χ2n) is 15.2. The third kappa shape index (κ3) is 7.94. The van der Waals surface area contributed by atoms with Crippen LogP contribution in [0.15, 0.2) is 70.9 Å². The molecule has 4 aliphatic rings. The zero-order valence-corrected chi connectivity index (χ0v) is 34.8. The molecule has 0 N–H and O–H groups in total. The molecule has 8 rings (SSSR count). The van der Waals surface area contributed by atoms with E-state index in [-0.39, 0.29) is 23.9 Å². The highest BCUT2D eigenvalue weighted by atomic mass is 16.6. The second kappa shape index (κ2) is 17.6. The number of pyridine rings is 2. The van der Waals surface area contributed by atoms with Crippen LogP contribution in [0.25, 0.3) is 0 Å². The Morgan fingerprint density at radius 2 is 1.00 bits per heavy atom. The predicted molar refractivity (Wildman–Crippen MR) is 222 cm³/mol. The minimum atomic E-state index is -0.991. The predicted octanol–water partition coefficient (Wildman–Crippen LogP) is 6.81. The third-order valence-electron chi connectivity index (χ3n) is 11.9. The molecule has 2 aromatic carbocycles. The van der Waals surface area contributed by atoms with Crippen LogP contribution in [0, 0.1) is 0 Å². The van der Waals surface area contributed by atoms with Gasteiger partial charge < -0.3 is 37.9 Å². The van der Waals surface area contributed by atoms with Crippen molar-refractivity contribution < 1.29 is 47.5 Å². The molecule has 14 heteroatoms. The van der Waals surface area contributed by atoms with Crippen LogP contribution in [0.5, 0.6) is 34.8 Å². The van der Waals surface area contributed by atoms with Gasteiger partial charge >= 0.3 is 11.9 Å². The molecule has 2 fully saturated rings. The molecule has 0 bridgehead atoms. The zero-order chi connectivity index (χ0) is 41.9. The molecule has 4 aromatic rings. The number of fused-ring (bicyclic) bond motifs is 6. The van der Waals surface area contributed by atoms with Crippen LogP contribution < -0.4 is 28.4 Å². The van der Waals surface area contributed by atoms with Gasteiger partial charge in [-0.25, -0.2) is 19.6 Å². The lowest BCUT2D eigenvalue weighted by Crippen LogP contribution is -2.39. The van der Waals surface area contributed by atoms with Gasteiger partial charge in [-0.15, -0.1) is 0 Å². The number of ether oxygens (including phenoxy) is 8. The van der Waals surface area contributed by atoms with E-state index >= 15 is 0 Å². The largest absolute Gasteiger partial charge is 0.493 e. The molecule has 0 radical (unpaired) electrons. The number of hydrogen-bond acceptors (Lipinski definition) is 14. The number of carbonyl (C=O) groups is 2. The van der Waals surface area contributed by atoms with E-state index in [1.54, 1.807) is 40.8 Å². The van der Waals surface area contributed by atoms with Gasteiger partial charge in [0.25, 0.3) is 0 Å². The molecular formula is C46H50N4O10. The van der Waals surface area contributed by atoms with Crippen molar-refractivity contribution in [2.24, 2.45) is 9.98 Å². The number of aromatic nitrogens is 2. The van der Waals surface area contributed by atoms with Gasteiger partial charge in [0.2, 0.25) is 11.8 Å². The average Bonchev–Trinajstić information content (AvgIpc) is 3.28. The molecule has 2 saturated carbocycles. The molecule has 2 aliphatic carbocycles. The fourth-order valence-corrected chi connectivity index (χ4v) is 9.07. The van der Waals surface area contributed by atoms with Crippen molar-refractivity contribution in [1.29, 1.82) is 0 Å². The second-order valence-corrected chi connectivity index (χ2v) is 15.2. The summed E-state index contributed by atoms with van der Waals surface area (Å²) in [7, 11) is 6.38. The topological polar surface area (TPSA) is 158 Å². The van der Waals surface area contributed by atoms with E-state index in [0.29, 0.717) is 86.5 Å². The van der Waals surface area contributed by atoms with Crippen molar-refractivity contribution >= 4 is 23.4 Å². The van der Waals surface area contributed by atoms with Crippen LogP contribution in [-0.2, 0) is 19.1 Å². The van der Waals surface area contributed by atoms with Crippen molar-refractivity contribution in [3.05, 3.63) is 94.3 Å². The molecule has 60 heavy (non-hydrogen) atoms. The summed E-state index contributed by atoms with van der Waals surface area (Å²) in [4.78, 5) is 46.2. The maximum Gasteiger partial charge on any atom is 0.417 e. The molecule has 4 heterocycles. The number of methoxy groups -OCH3 is 4. The van der Waals surface area contributed by atoms with E-state index in [9.17, 15) is 9.59 Å². The number of benzene rings is 2. The summed E-state index contributed by atoms with van der Waals surface area (Å²) in [5, 5.41) is 0. The first kappa shape index (κ1) is 40.6. The fourth-order valence-electron chi connectivity index (χ4n) is 9.07. The first-order valence-electron chi connectivity index (χ1n) is 20.5. The van der Waals surface area contributed by atoms with Crippen LogP contribution in [0.2, 0.25) is 0 Å². The molecule has 2 aliphatic heterocycles. The van der Waals surface area contributed by atoms with Crippen LogP contribution >= 0.6 is 0 Å². The monoisotopic (exact) mass is 818 g/mol.